The largest absolute Gasteiger partial charge is 0.493 e. The number of halogens is 2. The van der Waals surface area contributed by atoms with Gasteiger partial charge in [-0.05, 0) is 41.9 Å². The Bertz CT molecular complexity index is 982. The van der Waals surface area contributed by atoms with Crippen molar-refractivity contribution in [3.63, 3.8) is 0 Å². The molecule has 0 aliphatic heterocycles. The second kappa shape index (κ2) is 11.7. The van der Waals surface area contributed by atoms with Crippen LogP contribution in [0.15, 0.2) is 75.7 Å². The monoisotopic (exact) mass is 547 g/mol. The van der Waals surface area contributed by atoms with E-state index in [0.29, 0.717) is 19.0 Å². The average Bonchev–Trinajstić information content (AvgIpc) is 2.79. The quantitative estimate of drug-likeness (QED) is 0.285. The predicted octanol–water partition coefficient (Wildman–Crippen LogP) is 6.62. The lowest BCUT2D eigenvalue weighted by Crippen LogP contribution is -2.28. The molecule has 0 heterocycles. The van der Waals surface area contributed by atoms with E-state index in [1.165, 1.54) is 5.56 Å². The highest BCUT2D eigenvalue weighted by molar-refractivity contribution is 9.10. The minimum atomic E-state index is 0.101. The SMILES string of the molecule is COc1cc(Br)c(CN(C)[C@H](COCc2ccccc2Br)c2ccccc2)cc1OC. The summed E-state index contributed by atoms with van der Waals surface area (Å²) in [5.41, 5.74) is 3.47. The maximum absolute atomic E-state index is 6.16. The molecule has 3 aromatic carbocycles. The van der Waals surface area contributed by atoms with E-state index in [0.717, 1.165) is 32.4 Å². The summed E-state index contributed by atoms with van der Waals surface area (Å²) in [6.45, 7) is 1.85. The zero-order valence-electron chi connectivity index (χ0n) is 18.0. The summed E-state index contributed by atoms with van der Waals surface area (Å²) in [6, 6.07) is 22.7. The summed E-state index contributed by atoms with van der Waals surface area (Å²) in [7, 11) is 5.41. The molecular weight excluding hydrogens is 522 g/mol. The number of likely N-dealkylation sites (N-methyl/N-ethyl adjacent to an activating group) is 1. The second-order valence-electron chi connectivity index (χ2n) is 7.25. The van der Waals surface area contributed by atoms with Crippen molar-refractivity contribution in [2.45, 2.75) is 19.2 Å². The van der Waals surface area contributed by atoms with Crippen LogP contribution >= 0.6 is 31.9 Å². The predicted molar refractivity (Wildman–Crippen MR) is 132 cm³/mol. The van der Waals surface area contributed by atoms with Crippen LogP contribution in [0.4, 0.5) is 0 Å². The molecule has 0 spiro atoms. The maximum Gasteiger partial charge on any atom is 0.161 e. The van der Waals surface area contributed by atoms with Gasteiger partial charge in [-0.2, -0.15) is 0 Å². The summed E-state index contributed by atoms with van der Waals surface area (Å²) in [5, 5.41) is 0. The lowest BCUT2D eigenvalue weighted by atomic mass is 10.1. The van der Waals surface area contributed by atoms with Gasteiger partial charge in [0, 0.05) is 15.5 Å². The zero-order chi connectivity index (χ0) is 22.2. The highest BCUT2D eigenvalue weighted by atomic mass is 79.9. The lowest BCUT2D eigenvalue weighted by molar-refractivity contribution is 0.0566. The molecule has 3 rings (SSSR count). The number of rotatable bonds is 10. The molecule has 0 unspecified atom stereocenters. The zero-order valence-corrected chi connectivity index (χ0v) is 21.1. The van der Waals surface area contributed by atoms with Crippen LogP contribution in [0.3, 0.4) is 0 Å². The Morgan fingerprint density at radius 1 is 0.806 bits per heavy atom. The Labute approximate surface area is 201 Å². The van der Waals surface area contributed by atoms with Gasteiger partial charge in [0.2, 0.25) is 0 Å². The Morgan fingerprint density at radius 2 is 1.45 bits per heavy atom. The number of methoxy groups -OCH3 is 2. The van der Waals surface area contributed by atoms with Crippen LogP contribution in [-0.2, 0) is 17.9 Å². The second-order valence-corrected chi connectivity index (χ2v) is 8.96. The van der Waals surface area contributed by atoms with E-state index in [2.05, 4.69) is 74.1 Å². The molecule has 4 nitrogen and oxygen atoms in total. The van der Waals surface area contributed by atoms with Crippen LogP contribution in [0.1, 0.15) is 22.7 Å². The molecule has 0 saturated heterocycles. The van der Waals surface area contributed by atoms with E-state index in [-0.39, 0.29) is 6.04 Å². The van der Waals surface area contributed by atoms with Gasteiger partial charge in [0.15, 0.2) is 11.5 Å². The van der Waals surface area contributed by atoms with Gasteiger partial charge in [0.25, 0.3) is 0 Å². The number of ether oxygens (including phenoxy) is 3. The van der Waals surface area contributed by atoms with Gasteiger partial charge < -0.3 is 14.2 Å². The Kier molecular flexibility index (Phi) is 8.96. The average molecular weight is 549 g/mol. The van der Waals surface area contributed by atoms with Crippen molar-refractivity contribution in [2.75, 3.05) is 27.9 Å². The van der Waals surface area contributed by atoms with E-state index >= 15 is 0 Å². The Hall–Kier alpha value is -1.86. The molecular formula is C25H27Br2NO3. The van der Waals surface area contributed by atoms with Crippen molar-refractivity contribution in [3.05, 3.63) is 92.4 Å². The van der Waals surface area contributed by atoms with Crippen LogP contribution in [0.2, 0.25) is 0 Å². The molecule has 0 saturated carbocycles. The molecule has 0 aliphatic carbocycles. The Morgan fingerprint density at radius 3 is 2.13 bits per heavy atom. The van der Waals surface area contributed by atoms with E-state index in [1.807, 2.05) is 36.4 Å². The molecule has 164 valence electrons. The molecule has 3 aromatic rings. The summed E-state index contributed by atoms with van der Waals surface area (Å²) < 4.78 is 19.1. The van der Waals surface area contributed by atoms with Gasteiger partial charge >= 0.3 is 0 Å². The third kappa shape index (κ3) is 6.32. The van der Waals surface area contributed by atoms with E-state index in [9.17, 15) is 0 Å². The molecule has 0 fully saturated rings. The van der Waals surface area contributed by atoms with E-state index in [4.69, 9.17) is 14.2 Å². The van der Waals surface area contributed by atoms with Crippen LogP contribution in [0, 0.1) is 0 Å². The first-order valence-electron chi connectivity index (χ1n) is 10.00. The first-order valence-corrected chi connectivity index (χ1v) is 11.6. The molecule has 0 aliphatic rings. The fourth-order valence-corrected chi connectivity index (χ4v) is 4.29. The van der Waals surface area contributed by atoms with Crippen molar-refractivity contribution in [3.8, 4) is 11.5 Å². The van der Waals surface area contributed by atoms with Gasteiger partial charge in [-0.15, -0.1) is 0 Å². The molecule has 0 bridgehead atoms. The molecule has 0 aromatic heterocycles. The molecule has 31 heavy (non-hydrogen) atoms. The van der Waals surface area contributed by atoms with Gasteiger partial charge in [0.1, 0.15) is 0 Å². The van der Waals surface area contributed by atoms with E-state index < -0.39 is 0 Å². The summed E-state index contributed by atoms with van der Waals surface area (Å²) in [5.74, 6) is 1.42. The third-order valence-corrected chi connectivity index (χ3v) is 6.69. The van der Waals surface area contributed by atoms with Gasteiger partial charge in [-0.3, -0.25) is 4.90 Å². The van der Waals surface area contributed by atoms with Crippen LogP contribution in [0.5, 0.6) is 11.5 Å². The van der Waals surface area contributed by atoms with Gasteiger partial charge in [0.05, 0.1) is 33.5 Å². The number of hydrogen-bond acceptors (Lipinski definition) is 4. The summed E-state index contributed by atoms with van der Waals surface area (Å²) >= 11 is 7.27. The molecule has 1 atom stereocenters. The topological polar surface area (TPSA) is 30.9 Å². The minimum absolute atomic E-state index is 0.101. The number of benzene rings is 3. The fraction of sp³-hybridized carbons (Fsp3) is 0.280. The first-order chi connectivity index (χ1) is 15.0. The van der Waals surface area contributed by atoms with Crippen molar-refractivity contribution in [1.82, 2.24) is 4.90 Å². The van der Waals surface area contributed by atoms with Crippen LogP contribution in [0.25, 0.3) is 0 Å². The van der Waals surface area contributed by atoms with Crippen molar-refractivity contribution in [1.29, 1.82) is 0 Å². The normalized spacial score (nSPS) is 12.1. The highest BCUT2D eigenvalue weighted by Gasteiger charge is 2.20. The Balaban J connectivity index is 1.77. The number of hydrogen-bond donors (Lipinski definition) is 0. The first kappa shape index (κ1) is 23.8. The van der Waals surface area contributed by atoms with Crippen LogP contribution in [-0.4, -0.2) is 32.8 Å². The van der Waals surface area contributed by atoms with Gasteiger partial charge in [-0.25, -0.2) is 0 Å². The lowest BCUT2D eigenvalue weighted by Gasteiger charge is -2.29. The van der Waals surface area contributed by atoms with E-state index in [1.54, 1.807) is 14.2 Å². The van der Waals surface area contributed by atoms with Crippen molar-refractivity contribution < 1.29 is 14.2 Å². The minimum Gasteiger partial charge on any atom is -0.493 e. The molecule has 6 heteroatoms. The third-order valence-electron chi connectivity index (χ3n) is 5.18. The van der Waals surface area contributed by atoms with Crippen molar-refractivity contribution in [2.24, 2.45) is 0 Å². The van der Waals surface area contributed by atoms with Crippen LogP contribution < -0.4 is 9.47 Å². The van der Waals surface area contributed by atoms with Gasteiger partial charge in [-0.1, -0.05) is 80.4 Å². The standard InChI is InChI=1S/C25H27Br2NO3/c1-28(15-20-13-24(29-2)25(30-3)14-22(20)27)23(18-9-5-4-6-10-18)17-31-16-19-11-7-8-12-21(19)26/h4-14,23H,15-17H2,1-3H3/t23-/m1/s1. The highest BCUT2D eigenvalue weighted by Crippen LogP contribution is 2.35. The molecule has 0 N–H and O–H groups in total. The van der Waals surface area contributed by atoms with Crippen molar-refractivity contribution >= 4 is 31.9 Å². The molecule has 0 radical (unpaired) electrons. The maximum atomic E-state index is 6.16. The summed E-state index contributed by atoms with van der Waals surface area (Å²) in [6.07, 6.45) is 0. The smallest absolute Gasteiger partial charge is 0.161 e. The number of nitrogens with zero attached hydrogens (tertiary/aromatic N) is 1. The molecule has 0 amide bonds. The fourth-order valence-electron chi connectivity index (χ4n) is 3.45. The summed E-state index contributed by atoms with van der Waals surface area (Å²) in [4.78, 5) is 2.29.